The van der Waals surface area contributed by atoms with E-state index in [1.54, 1.807) is 6.92 Å². The molecule has 0 aromatic carbocycles. The summed E-state index contributed by atoms with van der Waals surface area (Å²) in [7, 11) is -5.46. The summed E-state index contributed by atoms with van der Waals surface area (Å²) < 4.78 is 136. The molecule has 0 aliphatic carbocycles. The van der Waals surface area contributed by atoms with Gasteiger partial charge in [0.15, 0.2) is 18.9 Å². The monoisotopic (exact) mass is 2260 g/mol. The predicted molar refractivity (Wildman–Crippen MR) is 548 cm³/mol. The van der Waals surface area contributed by atoms with Gasteiger partial charge >= 0.3 is 64.9 Å². The van der Waals surface area contributed by atoms with Crippen molar-refractivity contribution in [3.63, 3.8) is 0 Å². The molecule has 47 heteroatoms. The Morgan fingerprint density at radius 2 is 0.619 bits per heavy atom. The van der Waals surface area contributed by atoms with Gasteiger partial charge in [0.2, 0.25) is 0 Å². The van der Waals surface area contributed by atoms with E-state index in [1.807, 2.05) is 75.3 Å². The van der Waals surface area contributed by atoms with Gasteiger partial charge in [-0.15, -0.1) is 47.0 Å². The first-order valence-electron chi connectivity index (χ1n) is 50.4. The SMILES string of the molecule is CC(=O)OCC1O[C@@H](OC2[C@H](O)C(CO)O[C@@H](SCC#N)[C@H]2C)C(C)C(C)[C@H]1OC(C)=O.CC(=O)OCC1O[C@H](Br)[C@@H](C)C(C)[C@H]1OC(C)=O.CC(=O)OCC1O[C@H](OC2[C@@H]3O[Si](C(C)(C)C)(C(C)(C)C)OCC3O[C@@H](SCC#N)[C@H]2C)[C@H](C)C(C)[C@@H]1OC(C)=O.CCC1O[C@@H](SCC#N)[C@@H](C)C(O[C@@H]2OC(COC(C)=O)[C@H](OC(C)=O)C(C)C2O)[C@@H]1O.C[C@H]1C(O)[C@@H]2O[Si](C(C)(C)C)(C(C)(C)C)OCC2O[C@H]1SCC#N. The number of aliphatic hydroxyl groups is 5. The van der Waals surface area contributed by atoms with Crippen LogP contribution in [0.2, 0.25) is 20.2 Å². The zero-order chi connectivity index (χ0) is 111. The van der Waals surface area contributed by atoms with Gasteiger partial charge in [0.1, 0.15) is 151 Å². The number of fused-ring (bicyclic) bond motifs is 2. The maximum Gasteiger partial charge on any atom is 0.349 e. The average molecular weight is 2260 g/mol. The molecule has 0 radical (unpaired) electrons. The molecule has 10 rings (SSSR count). The lowest BCUT2D eigenvalue weighted by Crippen LogP contribution is -2.70. The summed E-state index contributed by atoms with van der Waals surface area (Å²) in [6.45, 7) is 59.6. The van der Waals surface area contributed by atoms with E-state index in [4.69, 9.17) is 123 Å². The summed E-state index contributed by atoms with van der Waals surface area (Å²) in [4.78, 5) is 91.3. The van der Waals surface area contributed by atoms with Crippen LogP contribution in [-0.4, -0.2) is 333 Å². The molecule has 0 saturated carbocycles. The summed E-state index contributed by atoms with van der Waals surface area (Å²) in [5.74, 6) is -4.42. The summed E-state index contributed by atoms with van der Waals surface area (Å²) in [5, 5.41) is 88.0. The number of esters is 8. The molecule has 18 unspecified atom stereocenters. The minimum Gasteiger partial charge on any atom is -0.463 e. The molecule has 10 aliphatic heterocycles. The van der Waals surface area contributed by atoms with Gasteiger partial charge in [0.25, 0.3) is 0 Å². The van der Waals surface area contributed by atoms with Crippen LogP contribution in [0, 0.1) is 110 Å². The number of aliphatic hydroxyl groups excluding tert-OH is 5. The molecular formula is C100H165BrN4O36S4Si2. The fraction of sp³-hybridized carbons (Fsp3) is 0.880. The van der Waals surface area contributed by atoms with Gasteiger partial charge in [-0.3, -0.25) is 38.4 Å². The number of thioether (sulfide) groups is 4. The molecule has 147 heavy (non-hydrogen) atoms. The highest BCUT2D eigenvalue weighted by atomic mass is 79.9. The van der Waals surface area contributed by atoms with Crippen LogP contribution in [0.25, 0.3) is 0 Å². The van der Waals surface area contributed by atoms with Gasteiger partial charge in [-0.25, -0.2) is 0 Å². The molecule has 0 aromatic rings. The first-order valence-corrected chi connectivity index (χ1v) is 59.1. The van der Waals surface area contributed by atoms with Crippen LogP contribution >= 0.6 is 63.0 Å². The van der Waals surface area contributed by atoms with Crippen LogP contribution in [0.15, 0.2) is 0 Å². The van der Waals surface area contributed by atoms with Crippen molar-refractivity contribution >= 4 is 128 Å². The maximum atomic E-state index is 11.9. The van der Waals surface area contributed by atoms with E-state index >= 15 is 0 Å². The zero-order valence-corrected chi connectivity index (χ0v) is 98.1. The number of rotatable bonds is 28. The molecule has 0 aromatic heterocycles. The number of hydrogen-bond acceptors (Lipinski definition) is 44. The third kappa shape index (κ3) is 34.6. The molecule has 10 aliphatic rings. The Morgan fingerprint density at radius 1 is 0.333 bits per heavy atom. The summed E-state index contributed by atoms with van der Waals surface area (Å²) in [5.41, 5.74) is -1.33. The van der Waals surface area contributed by atoms with E-state index in [0.717, 1.165) is 0 Å². The lowest BCUT2D eigenvalue weighted by molar-refractivity contribution is -0.324. The van der Waals surface area contributed by atoms with Gasteiger partial charge in [0.05, 0.1) is 97.6 Å². The second-order valence-corrected chi connectivity index (χ2v) is 58.3. The third-order valence-corrected chi connectivity index (χ3v) is 44.4. The molecule has 0 bridgehead atoms. The van der Waals surface area contributed by atoms with E-state index in [2.05, 4.69) is 124 Å². The van der Waals surface area contributed by atoms with Crippen LogP contribution in [0.4, 0.5) is 0 Å². The Morgan fingerprint density at radius 3 is 0.952 bits per heavy atom. The molecule has 10 saturated heterocycles. The average Bonchev–Trinajstić information content (AvgIpc) is 0.725. The number of nitriles is 4. The molecule has 840 valence electrons. The Kier molecular flexibility index (Phi) is 51.9. The van der Waals surface area contributed by atoms with Gasteiger partial charge in [-0.1, -0.05) is 182 Å². The smallest absolute Gasteiger partial charge is 0.349 e. The summed E-state index contributed by atoms with van der Waals surface area (Å²) in [6, 6.07) is 8.44. The van der Waals surface area contributed by atoms with Crippen molar-refractivity contribution in [3.05, 3.63) is 0 Å². The number of nitrogens with zero attached hydrogens (tertiary/aromatic N) is 4. The van der Waals surface area contributed by atoms with E-state index in [-0.39, 0.29) is 175 Å². The summed E-state index contributed by atoms with van der Waals surface area (Å²) in [6.07, 6.45) is -15.9. The minimum absolute atomic E-state index is 0.0609. The van der Waals surface area contributed by atoms with Gasteiger partial charge in [-0.2, -0.15) is 21.0 Å². The molecule has 5 N–H and O–H groups in total. The number of hydrogen-bond donors (Lipinski definition) is 5. The van der Waals surface area contributed by atoms with E-state index < -0.39 is 200 Å². The number of alkyl halides is 1. The second kappa shape index (κ2) is 58.3. The Hall–Kier alpha value is -4.77. The van der Waals surface area contributed by atoms with Gasteiger partial charge < -0.3 is 133 Å². The Balaban J connectivity index is 0.000000287. The van der Waals surface area contributed by atoms with Gasteiger partial charge in [-0.05, 0) is 12.3 Å². The normalized spacial score (nSPS) is 38.1. The van der Waals surface area contributed by atoms with Crippen molar-refractivity contribution in [1.29, 1.82) is 21.0 Å². The molecule has 10 heterocycles. The minimum atomic E-state index is -2.85. The van der Waals surface area contributed by atoms with Crippen molar-refractivity contribution < 1.29 is 172 Å². The Labute approximate surface area is 895 Å². The molecule has 0 amide bonds. The number of carbonyl (C=O) groups excluding carboxylic acids is 8. The van der Waals surface area contributed by atoms with E-state index in [1.165, 1.54) is 102 Å². The van der Waals surface area contributed by atoms with Crippen molar-refractivity contribution in [2.75, 3.05) is 69.3 Å². The maximum absolute atomic E-state index is 11.9. The van der Waals surface area contributed by atoms with Gasteiger partial charge in [0, 0.05) is 135 Å². The Bertz CT molecular complexity index is 4240. The van der Waals surface area contributed by atoms with Crippen LogP contribution in [0.3, 0.4) is 0 Å². The third-order valence-electron chi connectivity index (χ3n) is 28.4. The number of ether oxygens (including phenoxy) is 19. The van der Waals surface area contributed by atoms with Crippen LogP contribution < -0.4 is 0 Å². The zero-order valence-electron chi connectivity index (χ0n) is 91.3. The fourth-order valence-corrected chi connectivity index (χ4v) is 34.7. The largest absolute Gasteiger partial charge is 0.463 e. The van der Waals surface area contributed by atoms with Crippen molar-refractivity contribution in [1.82, 2.24) is 0 Å². The first-order chi connectivity index (χ1) is 68.4. The molecular weight excluding hydrogens is 2100 g/mol. The highest BCUT2D eigenvalue weighted by molar-refractivity contribution is 9.09. The number of halogens is 1. The first kappa shape index (κ1) is 131. The lowest BCUT2D eigenvalue weighted by atomic mass is 9.84. The fourth-order valence-electron chi connectivity index (χ4n) is 20.4. The molecule has 10 fully saturated rings. The van der Waals surface area contributed by atoms with Crippen LogP contribution in [-0.2, 0) is 146 Å². The molecule has 0 spiro atoms. The highest BCUT2D eigenvalue weighted by Crippen LogP contribution is 2.59. The number of carbonyl (C=O) groups is 8. The topological polar surface area (TPSA) is 545 Å². The molecule has 40 nitrogen and oxygen atoms in total. The van der Waals surface area contributed by atoms with E-state index in [9.17, 15) is 69.2 Å². The molecule has 40 atom stereocenters. The van der Waals surface area contributed by atoms with E-state index in [0.29, 0.717) is 25.4 Å². The van der Waals surface area contributed by atoms with Crippen molar-refractivity contribution in [2.24, 2.45) is 65.1 Å². The van der Waals surface area contributed by atoms with Crippen LogP contribution in [0.5, 0.6) is 0 Å². The predicted octanol–water partition coefficient (Wildman–Crippen LogP) is 12.0. The standard InChI is InChI=1S/C29H49NO9SSi.2C21H33NO9S.C17H31NO4SSi.C12H19BrO5/c1-16-17(2)26(36-21(14-33-19(4)31)23(16)35-20(5)32)38-24-18(3)27(40-13-12-30)37-22-15-34-41(28(6,7)8,29(9,10)11)39-25(22)24;1-10-11(2)20(29-16(9-27-13(4)24)18(10)28-14(5)25)31-19-12(3)21(32-7-6-22)30-15(8-23)17(19)26;1-6-14-17(26)19(11(3)21(30-14)32-8-7-22)31-20-16(25)10(2)18(28-13(5)24)15(29-20)9-27-12(4)23;1-11-13(19)14-12(21-15(11)23-9-8-18)10-20-24(22-14,16(2,3)4)17(5,6)7;1-6-7(2)12(13)18-10(5-16-8(3)14)11(6)17-9(4)15/h16-18,21-27H,13-15H2,1-11H3;10-12,15-21,23,26H,7-9H2,1-5H3;10-11,14-21,25-26H,6,8-9H2,1-5H3;11-15,19H,9-10H2,1-7H3;6-7,10-12H,5H2,1-4H3/t16?,17-,18+,21?,22?,23+,24?,25-,26-,27+;10?,11?,12-,15?,16?,17+,18+,19?,20-,21-;10?,11-,14?,15?,16?,17+,18+,19?,20-,21-;11-,12?,13?,14+,15-;6?,7-,10?,11+,12-/m10000/s1. The second-order valence-electron chi connectivity index (χ2n) is 43.5. The van der Waals surface area contributed by atoms with Crippen molar-refractivity contribution in [3.8, 4) is 24.3 Å². The van der Waals surface area contributed by atoms with Crippen LogP contribution in [0.1, 0.15) is 228 Å². The van der Waals surface area contributed by atoms with Crippen molar-refractivity contribution in [2.45, 2.75) is 422 Å². The lowest BCUT2D eigenvalue weighted by Gasteiger charge is -2.58. The summed E-state index contributed by atoms with van der Waals surface area (Å²) >= 11 is 8.90. The highest BCUT2D eigenvalue weighted by Gasteiger charge is 2.68. The quantitative estimate of drug-likeness (QED) is 0.0210.